The quantitative estimate of drug-likeness (QED) is 0.847. The van der Waals surface area contributed by atoms with Crippen molar-refractivity contribution in [3.63, 3.8) is 0 Å². The van der Waals surface area contributed by atoms with Gasteiger partial charge in [-0.15, -0.1) is 0 Å². The number of nitrogens with one attached hydrogen (secondary N) is 1. The molecule has 0 fully saturated rings. The van der Waals surface area contributed by atoms with Gasteiger partial charge in [0.1, 0.15) is 4.90 Å². The van der Waals surface area contributed by atoms with Gasteiger partial charge in [0.25, 0.3) is 0 Å². The number of halogens is 2. The Bertz CT molecular complexity index is 765. The SMILES string of the molecule is CC(NS(=O)(=O)c1cccc(Cl)c1F)c1cccc(N)c1. The molecule has 0 spiro atoms. The summed E-state index contributed by atoms with van der Waals surface area (Å²) in [5.41, 5.74) is 6.86. The van der Waals surface area contributed by atoms with Crippen LogP contribution in [-0.4, -0.2) is 8.42 Å². The zero-order valence-electron chi connectivity index (χ0n) is 11.2. The van der Waals surface area contributed by atoms with Crippen LogP contribution in [0.4, 0.5) is 10.1 Å². The molecule has 1 unspecified atom stereocenters. The standard InChI is InChI=1S/C14H14ClFN2O2S/c1-9(10-4-2-5-11(17)8-10)18-21(19,20)13-7-3-6-12(15)14(13)16/h2-9,18H,17H2,1H3. The summed E-state index contributed by atoms with van der Waals surface area (Å²) < 4.78 is 40.7. The molecule has 2 aromatic rings. The third-order valence-electron chi connectivity index (χ3n) is 2.95. The molecule has 0 amide bonds. The van der Waals surface area contributed by atoms with Crippen molar-refractivity contribution in [3.8, 4) is 0 Å². The van der Waals surface area contributed by atoms with Crippen LogP contribution in [0, 0.1) is 5.82 Å². The van der Waals surface area contributed by atoms with Crippen molar-refractivity contribution in [1.29, 1.82) is 0 Å². The fraction of sp³-hybridized carbons (Fsp3) is 0.143. The molecular weight excluding hydrogens is 315 g/mol. The van der Waals surface area contributed by atoms with Crippen LogP contribution in [0.5, 0.6) is 0 Å². The molecule has 21 heavy (non-hydrogen) atoms. The first kappa shape index (κ1) is 15.8. The number of sulfonamides is 1. The molecule has 0 aliphatic carbocycles. The Hall–Kier alpha value is -1.63. The van der Waals surface area contributed by atoms with Crippen molar-refractivity contribution in [1.82, 2.24) is 4.72 Å². The van der Waals surface area contributed by atoms with E-state index in [9.17, 15) is 12.8 Å². The first-order valence-electron chi connectivity index (χ1n) is 6.13. The summed E-state index contributed by atoms with van der Waals surface area (Å²) in [6, 6.07) is 10.1. The highest BCUT2D eigenvalue weighted by Gasteiger charge is 2.23. The number of rotatable bonds is 4. The summed E-state index contributed by atoms with van der Waals surface area (Å²) in [4.78, 5) is -0.481. The summed E-state index contributed by atoms with van der Waals surface area (Å²) in [7, 11) is -4.02. The molecule has 0 bridgehead atoms. The minimum atomic E-state index is -4.02. The molecule has 0 saturated carbocycles. The first-order valence-corrected chi connectivity index (χ1v) is 7.99. The molecule has 7 heteroatoms. The highest BCUT2D eigenvalue weighted by atomic mass is 35.5. The normalized spacial score (nSPS) is 13.1. The Balaban J connectivity index is 2.31. The minimum Gasteiger partial charge on any atom is -0.399 e. The Morgan fingerprint density at radius 1 is 1.24 bits per heavy atom. The largest absolute Gasteiger partial charge is 0.399 e. The Kier molecular flexibility index (Phi) is 4.51. The van der Waals surface area contributed by atoms with Gasteiger partial charge in [0.05, 0.1) is 5.02 Å². The van der Waals surface area contributed by atoms with Crippen LogP contribution < -0.4 is 10.5 Å². The topological polar surface area (TPSA) is 72.2 Å². The van der Waals surface area contributed by atoms with E-state index in [4.69, 9.17) is 17.3 Å². The van der Waals surface area contributed by atoms with Gasteiger partial charge in [0, 0.05) is 11.7 Å². The Morgan fingerprint density at radius 2 is 1.90 bits per heavy atom. The van der Waals surface area contributed by atoms with Gasteiger partial charge in [0.2, 0.25) is 10.0 Å². The van der Waals surface area contributed by atoms with Gasteiger partial charge in [0.15, 0.2) is 5.82 Å². The van der Waals surface area contributed by atoms with Gasteiger partial charge in [-0.2, -0.15) is 0 Å². The molecule has 0 heterocycles. The third kappa shape index (κ3) is 3.53. The number of benzene rings is 2. The Morgan fingerprint density at radius 3 is 2.57 bits per heavy atom. The van der Waals surface area contributed by atoms with Gasteiger partial charge in [-0.25, -0.2) is 17.5 Å². The second-order valence-corrected chi connectivity index (χ2v) is 6.65. The minimum absolute atomic E-state index is 0.241. The van der Waals surface area contributed by atoms with Gasteiger partial charge in [-0.1, -0.05) is 29.8 Å². The van der Waals surface area contributed by atoms with E-state index in [1.165, 1.54) is 12.1 Å². The maximum absolute atomic E-state index is 13.8. The van der Waals surface area contributed by atoms with Crippen LogP contribution >= 0.6 is 11.6 Å². The van der Waals surface area contributed by atoms with Crippen molar-refractivity contribution < 1.29 is 12.8 Å². The number of hydrogen-bond donors (Lipinski definition) is 2. The lowest BCUT2D eigenvalue weighted by atomic mass is 10.1. The van der Waals surface area contributed by atoms with E-state index in [1.54, 1.807) is 31.2 Å². The van der Waals surface area contributed by atoms with Gasteiger partial charge in [-0.3, -0.25) is 0 Å². The number of nitrogens with two attached hydrogens (primary N) is 1. The molecule has 0 aliphatic heterocycles. The monoisotopic (exact) mass is 328 g/mol. The number of nitrogen functional groups attached to an aromatic ring is 1. The van der Waals surface area contributed by atoms with E-state index >= 15 is 0 Å². The highest BCUT2D eigenvalue weighted by molar-refractivity contribution is 7.89. The second-order valence-electron chi connectivity index (χ2n) is 4.57. The third-order valence-corrected chi connectivity index (χ3v) is 4.80. The van der Waals surface area contributed by atoms with Gasteiger partial charge in [-0.05, 0) is 36.8 Å². The second kappa shape index (κ2) is 6.01. The molecule has 0 saturated heterocycles. The van der Waals surface area contributed by atoms with Crippen LogP contribution in [0.25, 0.3) is 0 Å². The average Bonchev–Trinajstić information content (AvgIpc) is 2.41. The summed E-state index contributed by atoms with van der Waals surface area (Å²) in [6.07, 6.45) is 0. The molecule has 3 N–H and O–H groups in total. The van der Waals surface area contributed by atoms with E-state index in [2.05, 4.69) is 4.72 Å². The summed E-state index contributed by atoms with van der Waals surface area (Å²) in [5, 5.41) is -0.241. The first-order chi connectivity index (χ1) is 9.81. The average molecular weight is 329 g/mol. The smallest absolute Gasteiger partial charge is 0.244 e. The molecule has 0 radical (unpaired) electrons. The predicted molar refractivity (Wildman–Crippen MR) is 81.0 cm³/mol. The van der Waals surface area contributed by atoms with Crippen molar-refractivity contribution >= 4 is 27.3 Å². The van der Waals surface area contributed by atoms with Crippen LogP contribution in [-0.2, 0) is 10.0 Å². The van der Waals surface area contributed by atoms with Crippen molar-refractivity contribution in [3.05, 3.63) is 58.9 Å². The fourth-order valence-corrected chi connectivity index (χ4v) is 3.45. The van der Waals surface area contributed by atoms with Crippen LogP contribution in [0.3, 0.4) is 0 Å². The lowest BCUT2D eigenvalue weighted by molar-refractivity contribution is 0.547. The van der Waals surface area contributed by atoms with Gasteiger partial charge >= 0.3 is 0 Å². The maximum Gasteiger partial charge on any atom is 0.244 e. The molecule has 2 aromatic carbocycles. The summed E-state index contributed by atoms with van der Waals surface area (Å²) in [5.74, 6) is -0.966. The molecule has 112 valence electrons. The van der Waals surface area contributed by atoms with Crippen LogP contribution in [0.2, 0.25) is 5.02 Å². The summed E-state index contributed by atoms with van der Waals surface area (Å²) >= 11 is 5.61. The van der Waals surface area contributed by atoms with Crippen molar-refractivity contribution in [2.45, 2.75) is 17.9 Å². The van der Waals surface area contributed by atoms with Crippen molar-refractivity contribution in [2.75, 3.05) is 5.73 Å². The fourth-order valence-electron chi connectivity index (χ4n) is 1.88. The van der Waals surface area contributed by atoms with Gasteiger partial charge < -0.3 is 5.73 Å². The molecule has 2 rings (SSSR count). The number of hydrogen-bond acceptors (Lipinski definition) is 3. The molecule has 4 nitrogen and oxygen atoms in total. The van der Waals surface area contributed by atoms with E-state index in [1.807, 2.05) is 0 Å². The molecule has 1 atom stereocenters. The Labute approximate surface area is 127 Å². The van der Waals surface area contributed by atoms with E-state index in [0.717, 1.165) is 6.07 Å². The zero-order valence-corrected chi connectivity index (χ0v) is 12.7. The molecule has 0 aliphatic rings. The maximum atomic E-state index is 13.8. The van der Waals surface area contributed by atoms with E-state index < -0.39 is 26.8 Å². The van der Waals surface area contributed by atoms with E-state index in [0.29, 0.717) is 11.3 Å². The highest BCUT2D eigenvalue weighted by Crippen LogP contribution is 2.24. The lowest BCUT2D eigenvalue weighted by Crippen LogP contribution is -2.27. The summed E-state index contributed by atoms with van der Waals surface area (Å²) in [6.45, 7) is 1.65. The van der Waals surface area contributed by atoms with Crippen molar-refractivity contribution in [2.24, 2.45) is 0 Å². The van der Waals surface area contributed by atoms with Crippen LogP contribution in [0.1, 0.15) is 18.5 Å². The zero-order chi connectivity index (χ0) is 15.6. The molecule has 0 aromatic heterocycles. The van der Waals surface area contributed by atoms with E-state index in [-0.39, 0.29) is 5.02 Å². The molecular formula is C14H14ClFN2O2S. The predicted octanol–water partition coefficient (Wildman–Crippen LogP) is 3.10. The lowest BCUT2D eigenvalue weighted by Gasteiger charge is -2.15. The van der Waals surface area contributed by atoms with Crippen LogP contribution in [0.15, 0.2) is 47.4 Å². The number of anilines is 1.